The van der Waals surface area contributed by atoms with Crippen molar-refractivity contribution >= 4 is 5.91 Å². The summed E-state index contributed by atoms with van der Waals surface area (Å²) in [6.45, 7) is 0. The van der Waals surface area contributed by atoms with E-state index in [0.717, 1.165) is 25.0 Å². The Hall–Kier alpha value is -2.41. The molecule has 2 aromatic heterocycles. The van der Waals surface area contributed by atoms with E-state index >= 15 is 0 Å². The molecule has 7 nitrogen and oxygen atoms in total. The molecule has 7 heteroatoms. The second-order valence-corrected chi connectivity index (χ2v) is 6.78. The second kappa shape index (κ2) is 8.31. The average Bonchev–Trinajstić information content (AvgIpc) is 3.06. The molecular weight excluding hydrogens is 332 g/mol. The molecular formula is C19H26N4O3. The molecule has 0 aliphatic heterocycles. The minimum Gasteiger partial charge on any atom is -0.486 e. The van der Waals surface area contributed by atoms with Crippen molar-refractivity contribution in [1.82, 2.24) is 19.7 Å². The van der Waals surface area contributed by atoms with Crippen molar-refractivity contribution in [3.05, 3.63) is 42.5 Å². The van der Waals surface area contributed by atoms with Crippen molar-refractivity contribution in [3.8, 4) is 5.75 Å². The van der Waals surface area contributed by atoms with Gasteiger partial charge in [0.05, 0.1) is 12.2 Å². The SMILES string of the molecule is CN(C(=O)CCc1ccnn1C)[C@@H]1CCC[C@@H](Oc2cccnc2)[C@@H]1O. The first-order valence-corrected chi connectivity index (χ1v) is 9.03. The molecule has 3 atom stereocenters. The highest BCUT2D eigenvalue weighted by Crippen LogP contribution is 2.27. The lowest BCUT2D eigenvalue weighted by Gasteiger charge is -2.39. The zero-order valence-corrected chi connectivity index (χ0v) is 15.3. The predicted molar refractivity (Wildman–Crippen MR) is 96.6 cm³/mol. The lowest BCUT2D eigenvalue weighted by atomic mass is 9.88. The van der Waals surface area contributed by atoms with Gasteiger partial charge in [0.25, 0.3) is 0 Å². The van der Waals surface area contributed by atoms with Crippen molar-refractivity contribution < 1.29 is 14.6 Å². The van der Waals surface area contributed by atoms with Gasteiger partial charge >= 0.3 is 0 Å². The fraction of sp³-hybridized carbons (Fsp3) is 0.526. The van der Waals surface area contributed by atoms with E-state index in [1.807, 2.05) is 19.2 Å². The molecule has 0 spiro atoms. The van der Waals surface area contributed by atoms with E-state index in [9.17, 15) is 9.90 Å². The minimum absolute atomic E-state index is 0.0253. The minimum atomic E-state index is -0.713. The lowest BCUT2D eigenvalue weighted by Crippen LogP contribution is -2.53. The van der Waals surface area contributed by atoms with Crippen LogP contribution in [0.25, 0.3) is 0 Å². The van der Waals surface area contributed by atoms with Crippen LogP contribution in [0.15, 0.2) is 36.8 Å². The third kappa shape index (κ3) is 4.22. The van der Waals surface area contributed by atoms with E-state index in [-0.39, 0.29) is 18.1 Å². The van der Waals surface area contributed by atoms with Crippen molar-refractivity contribution in [1.29, 1.82) is 0 Å². The van der Waals surface area contributed by atoms with E-state index in [1.54, 1.807) is 41.3 Å². The van der Waals surface area contributed by atoms with E-state index in [2.05, 4.69) is 10.1 Å². The van der Waals surface area contributed by atoms with E-state index in [1.165, 1.54) is 0 Å². The summed E-state index contributed by atoms with van der Waals surface area (Å²) in [4.78, 5) is 18.3. The highest BCUT2D eigenvalue weighted by atomic mass is 16.5. The number of nitrogens with zero attached hydrogens (tertiary/aromatic N) is 4. The van der Waals surface area contributed by atoms with Crippen molar-refractivity contribution in [2.45, 2.75) is 50.4 Å². The van der Waals surface area contributed by atoms with Crippen LogP contribution >= 0.6 is 0 Å². The molecule has 3 rings (SSSR count). The Morgan fingerprint density at radius 1 is 1.38 bits per heavy atom. The molecule has 1 N–H and O–H groups in total. The maximum atomic E-state index is 12.6. The summed E-state index contributed by atoms with van der Waals surface area (Å²) in [7, 11) is 3.64. The number of carbonyl (C=O) groups is 1. The van der Waals surface area contributed by atoms with Crippen molar-refractivity contribution in [3.63, 3.8) is 0 Å². The number of hydrogen-bond acceptors (Lipinski definition) is 5. The first kappa shape index (κ1) is 18.4. The Bertz CT molecular complexity index is 719. The van der Waals surface area contributed by atoms with E-state index < -0.39 is 6.10 Å². The van der Waals surface area contributed by atoms with Gasteiger partial charge < -0.3 is 14.7 Å². The quantitative estimate of drug-likeness (QED) is 0.848. The predicted octanol–water partition coefficient (Wildman–Crippen LogP) is 1.57. The number of aliphatic hydroxyl groups is 1. The summed E-state index contributed by atoms with van der Waals surface area (Å²) in [5.74, 6) is 0.666. The highest BCUT2D eigenvalue weighted by Gasteiger charge is 2.37. The van der Waals surface area contributed by atoms with Gasteiger partial charge in [-0.2, -0.15) is 5.10 Å². The first-order valence-electron chi connectivity index (χ1n) is 9.03. The van der Waals surface area contributed by atoms with Gasteiger partial charge in [0.2, 0.25) is 5.91 Å². The molecule has 0 radical (unpaired) electrons. The number of hydrogen-bond donors (Lipinski definition) is 1. The van der Waals surface area contributed by atoms with Gasteiger partial charge in [0.15, 0.2) is 0 Å². The number of aryl methyl sites for hydroxylation is 2. The number of amides is 1. The molecule has 1 amide bonds. The number of rotatable bonds is 6. The van der Waals surface area contributed by atoms with Gasteiger partial charge in [0, 0.05) is 38.6 Å². The van der Waals surface area contributed by atoms with E-state index in [0.29, 0.717) is 18.6 Å². The molecule has 1 aliphatic carbocycles. The van der Waals surface area contributed by atoms with Crippen LogP contribution in [0.2, 0.25) is 0 Å². The molecule has 2 heterocycles. The molecule has 2 aromatic rings. The number of aromatic nitrogens is 3. The number of ether oxygens (including phenoxy) is 1. The highest BCUT2D eigenvalue weighted by molar-refractivity contribution is 5.76. The normalized spacial score (nSPS) is 22.8. The molecule has 140 valence electrons. The standard InChI is InChI=1S/C19H26N4O3/c1-22(18(24)9-8-14-10-12-21-23(14)2)16-6-3-7-17(19(16)25)26-15-5-4-11-20-13-15/h4-5,10-13,16-17,19,25H,3,6-9H2,1-2H3/t16-,17-,19-/m1/s1. The molecule has 0 saturated heterocycles. The Morgan fingerprint density at radius 2 is 2.23 bits per heavy atom. The first-order chi connectivity index (χ1) is 12.6. The summed E-state index contributed by atoms with van der Waals surface area (Å²) >= 11 is 0. The summed E-state index contributed by atoms with van der Waals surface area (Å²) in [5.41, 5.74) is 1.02. The van der Waals surface area contributed by atoms with Gasteiger partial charge in [-0.05, 0) is 43.9 Å². The Labute approximate surface area is 153 Å². The zero-order chi connectivity index (χ0) is 18.5. The van der Waals surface area contributed by atoms with Gasteiger partial charge in [-0.3, -0.25) is 14.5 Å². The topological polar surface area (TPSA) is 80.5 Å². The monoisotopic (exact) mass is 358 g/mol. The average molecular weight is 358 g/mol. The third-order valence-corrected chi connectivity index (χ3v) is 5.09. The summed E-state index contributed by atoms with van der Waals surface area (Å²) in [6.07, 6.45) is 7.50. The summed E-state index contributed by atoms with van der Waals surface area (Å²) < 4.78 is 7.68. The van der Waals surface area contributed by atoms with Crippen LogP contribution in [0.4, 0.5) is 0 Å². The van der Waals surface area contributed by atoms with Crippen LogP contribution in [0.3, 0.4) is 0 Å². The summed E-state index contributed by atoms with van der Waals surface area (Å²) in [5, 5.41) is 14.9. The largest absolute Gasteiger partial charge is 0.486 e. The van der Waals surface area contributed by atoms with Gasteiger partial charge in [-0.25, -0.2) is 0 Å². The van der Waals surface area contributed by atoms with Crippen LogP contribution in [-0.2, 0) is 18.3 Å². The van der Waals surface area contributed by atoms with Gasteiger partial charge in [-0.15, -0.1) is 0 Å². The molecule has 0 unspecified atom stereocenters. The molecule has 0 bridgehead atoms. The maximum Gasteiger partial charge on any atom is 0.223 e. The van der Waals surface area contributed by atoms with Crippen molar-refractivity contribution in [2.75, 3.05) is 7.05 Å². The number of carbonyl (C=O) groups excluding carboxylic acids is 1. The Morgan fingerprint density at radius 3 is 2.92 bits per heavy atom. The van der Waals surface area contributed by atoms with Crippen LogP contribution in [0.1, 0.15) is 31.4 Å². The van der Waals surface area contributed by atoms with Crippen LogP contribution in [-0.4, -0.2) is 56.0 Å². The van der Waals surface area contributed by atoms with E-state index in [4.69, 9.17) is 4.74 Å². The summed E-state index contributed by atoms with van der Waals surface area (Å²) in [6, 6.07) is 5.31. The van der Waals surface area contributed by atoms with Crippen molar-refractivity contribution in [2.24, 2.45) is 7.05 Å². The number of aliphatic hydroxyl groups excluding tert-OH is 1. The molecule has 1 aliphatic rings. The zero-order valence-electron chi connectivity index (χ0n) is 15.3. The van der Waals surface area contributed by atoms with Crippen LogP contribution < -0.4 is 4.74 Å². The number of pyridine rings is 1. The fourth-order valence-electron chi connectivity index (χ4n) is 3.50. The van der Waals surface area contributed by atoms with Gasteiger partial charge in [0.1, 0.15) is 18.0 Å². The van der Waals surface area contributed by atoms with Crippen LogP contribution in [0, 0.1) is 0 Å². The van der Waals surface area contributed by atoms with Crippen LogP contribution in [0.5, 0.6) is 5.75 Å². The lowest BCUT2D eigenvalue weighted by molar-refractivity contribution is -0.138. The molecule has 0 aromatic carbocycles. The molecule has 26 heavy (non-hydrogen) atoms. The number of likely N-dealkylation sites (N-methyl/N-ethyl adjacent to an activating group) is 1. The smallest absolute Gasteiger partial charge is 0.223 e. The Kier molecular flexibility index (Phi) is 5.88. The Balaban J connectivity index is 1.58. The molecule has 1 fully saturated rings. The molecule has 1 saturated carbocycles. The third-order valence-electron chi connectivity index (χ3n) is 5.09. The second-order valence-electron chi connectivity index (χ2n) is 6.78. The fourth-order valence-corrected chi connectivity index (χ4v) is 3.50. The van der Waals surface area contributed by atoms with Gasteiger partial charge in [-0.1, -0.05) is 0 Å². The maximum absolute atomic E-state index is 12.6.